The Hall–Kier alpha value is -2.35. The summed E-state index contributed by atoms with van der Waals surface area (Å²) in [7, 11) is 1.67. The maximum atomic E-state index is 5.15. The van der Waals surface area contributed by atoms with E-state index >= 15 is 0 Å². The quantitative estimate of drug-likeness (QED) is 0.751. The third kappa shape index (κ3) is 2.64. The molecular weight excluding hydrogens is 246 g/mol. The number of allylic oxidation sites excluding steroid dienone is 2. The molecule has 0 unspecified atom stereocenters. The minimum absolute atomic E-state index is 0.853. The summed E-state index contributed by atoms with van der Waals surface area (Å²) in [5.74, 6) is 0.853. The third-order valence-corrected chi connectivity index (χ3v) is 3.53. The third-order valence-electron chi connectivity index (χ3n) is 3.53. The highest BCUT2D eigenvalue weighted by Gasteiger charge is 2.09. The first-order valence-corrected chi connectivity index (χ1v) is 6.83. The summed E-state index contributed by atoms with van der Waals surface area (Å²) < 4.78 is 5.15. The van der Waals surface area contributed by atoms with Crippen LogP contribution in [0.2, 0.25) is 0 Å². The number of hydrogen-bond donors (Lipinski definition) is 0. The van der Waals surface area contributed by atoms with E-state index in [9.17, 15) is 0 Å². The number of benzene rings is 2. The van der Waals surface area contributed by atoms with Crippen molar-refractivity contribution in [2.24, 2.45) is 4.99 Å². The molecule has 1 aliphatic carbocycles. The SMILES string of the molecule is COc1ccc(N=CC2=CCCc3ccccc32)cc1. The Bertz CT molecular complexity index is 653. The largest absolute Gasteiger partial charge is 0.497 e. The van der Waals surface area contributed by atoms with Gasteiger partial charge in [0.2, 0.25) is 0 Å². The van der Waals surface area contributed by atoms with Crippen LogP contribution in [0.25, 0.3) is 5.57 Å². The zero-order valence-corrected chi connectivity index (χ0v) is 11.5. The molecule has 0 spiro atoms. The second-order valence-corrected chi connectivity index (χ2v) is 4.81. The molecule has 1 aliphatic rings. The van der Waals surface area contributed by atoms with Gasteiger partial charge in [-0.25, -0.2) is 0 Å². The van der Waals surface area contributed by atoms with Crippen LogP contribution in [0.4, 0.5) is 5.69 Å². The molecule has 0 saturated carbocycles. The first-order valence-electron chi connectivity index (χ1n) is 6.83. The smallest absolute Gasteiger partial charge is 0.119 e. The topological polar surface area (TPSA) is 21.6 Å². The molecular formula is C18H17NO. The molecule has 0 aromatic heterocycles. The molecule has 0 aliphatic heterocycles. The minimum Gasteiger partial charge on any atom is -0.497 e. The zero-order chi connectivity index (χ0) is 13.8. The fraction of sp³-hybridized carbons (Fsp3) is 0.167. The van der Waals surface area contributed by atoms with Crippen LogP contribution < -0.4 is 4.74 Å². The van der Waals surface area contributed by atoms with Crippen LogP contribution in [-0.2, 0) is 6.42 Å². The van der Waals surface area contributed by atoms with E-state index in [4.69, 9.17) is 4.74 Å². The second kappa shape index (κ2) is 5.74. The lowest BCUT2D eigenvalue weighted by atomic mass is 9.91. The molecule has 0 heterocycles. The molecule has 2 heteroatoms. The molecule has 0 bridgehead atoms. The normalized spacial score (nSPS) is 13.9. The summed E-state index contributed by atoms with van der Waals surface area (Å²) in [5.41, 5.74) is 4.86. The predicted octanol–water partition coefficient (Wildman–Crippen LogP) is 4.43. The number of hydrogen-bond acceptors (Lipinski definition) is 2. The van der Waals surface area contributed by atoms with Crippen molar-refractivity contribution in [1.82, 2.24) is 0 Å². The number of aliphatic imine (C=N–C) groups is 1. The number of rotatable bonds is 3. The van der Waals surface area contributed by atoms with E-state index in [1.165, 1.54) is 16.7 Å². The van der Waals surface area contributed by atoms with Crippen LogP contribution in [0.5, 0.6) is 5.75 Å². The van der Waals surface area contributed by atoms with Crippen molar-refractivity contribution in [3.05, 3.63) is 65.7 Å². The Morgan fingerprint density at radius 3 is 2.65 bits per heavy atom. The Morgan fingerprint density at radius 2 is 1.85 bits per heavy atom. The Kier molecular flexibility index (Phi) is 3.64. The molecule has 0 amide bonds. The molecule has 0 N–H and O–H groups in total. The predicted molar refractivity (Wildman–Crippen MR) is 83.9 cm³/mol. The average molecular weight is 263 g/mol. The Balaban J connectivity index is 1.83. The maximum Gasteiger partial charge on any atom is 0.119 e. The second-order valence-electron chi connectivity index (χ2n) is 4.81. The molecule has 100 valence electrons. The molecule has 3 rings (SSSR count). The summed E-state index contributed by atoms with van der Waals surface area (Å²) in [6.07, 6.45) is 6.42. The molecule has 0 atom stereocenters. The van der Waals surface area contributed by atoms with Crippen LogP contribution >= 0.6 is 0 Å². The number of ether oxygens (including phenoxy) is 1. The molecule has 2 nitrogen and oxygen atoms in total. The van der Waals surface area contributed by atoms with Gasteiger partial charge in [-0.05, 0) is 53.8 Å². The van der Waals surface area contributed by atoms with Gasteiger partial charge >= 0.3 is 0 Å². The van der Waals surface area contributed by atoms with Crippen molar-refractivity contribution in [1.29, 1.82) is 0 Å². The van der Waals surface area contributed by atoms with E-state index in [2.05, 4.69) is 35.3 Å². The summed E-state index contributed by atoms with van der Waals surface area (Å²) >= 11 is 0. The Morgan fingerprint density at radius 1 is 1.05 bits per heavy atom. The van der Waals surface area contributed by atoms with Gasteiger partial charge in [-0.3, -0.25) is 4.99 Å². The molecule has 0 radical (unpaired) electrons. The highest BCUT2D eigenvalue weighted by atomic mass is 16.5. The number of aryl methyl sites for hydroxylation is 1. The minimum atomic E-state index is 0.853. The first-order chi connectivity index (χ1) is 9.86. The van der Waals surface area contributed by atoms with Crippen LogP contribution in [0.3, 0.4) is 0 Å². The standard InChI is InChI=1S/C18H17NO/c1-20-17-11-9-16(10-12-17)19-13-15-7-4-6-14-5-2-3-8-18(14)15/h2-3,5,7-13H,4,6H2,1H3. The fourth-order valence-corrected chi connectivity index (χ4v) is 2.45. The van der Waals surface area contributed by atoms with Crippen molar-refractivity contribution >= 4 is 17.5 Å². The van der Waals surface area contributed by atoms with Gasteiger partial charge in [-0.15, -0.1) is 0 Å². The van der Waals surface area contributed by atoms with E-state index < -0.39 is 0 Å². The van der Waals surface area contributed by atoms with Crippen LogP contribution in [-0.4, -0.2) is 13.3 Å². The first kappa shape index (κ1) is 12.7. The van der Waals surface area contributed by atoms with Gasteiger partial charge in [0.25, 0.3) is 0 Å². The van der Waals surface area contributed by atoms with Crippen LogP contribution in [0.15, 0.2) is 59.6 Å². The van der Waals surface area contributed by atoms with Gasteiger partial charge in [0.05, 0.1) is 12.8 Å². The molecule has 2 aromatic carbocycles. The lowest BCUT2D eigenvalue weighted by molar-refractivity contribution is 0.415. The summed E-state index contributed by atoms with van der Waals surface area (Å²) in [6, 6.07) is 16.3. The average Bonchev–Trinajstić information content (AvgIpc) is 2.53. The van der Waals surface area contributed by atoms with Crippen molar-refractivity contribution < 1.29 is 4.74 Å². The molecule has 20 heavy (non-hydrogen) atoms. The fourth-order valence-electron chi connectivity index (χ4n) is 2.45. The van der Waals surface area contributed by atoms with E-state index in [1.54, 1.807) is 7.11 Å². The summed E-state index contributed by atoms with van der Waals surface area (Å²) in [4.78, 5) is 4.56. The van der Waals surface area contributed by atoms with Crippen molar-refractivity contribution in [3.63, 3.8) is 0 Å². The lowest BCUT2D eigenvalue weighted by Crippen LogP contribution is -1.99. The molecule has 2 aromatic rings. The van der Waals surface area contributed by atoms with E-state index in [-0.39, 0.29) is 0 Å². The van der Waals surface area contributed by atoms with E-state index in [0.29, 0.717) is 0 Å². The molecule has 0 fully saturated rings. The van der Waals surface area contributed by atoms with Gasteiger partial charge in [-0.1, -0.05) is 30.3 Å². The number of methoxy groups -OCH3 is 1. The summed E-state index contributed by atoms with van der Waals surface area (Å²) in [6.45, 7) is 0. The zero-order valence-electron chi connectivity index (χ0n) is 11.5. The van der Waals surface area contributed by atoms with Crippen molar-refractivity contribution in [2.45, 2.75) is 12.8 Å². The van der Waals surface area contributed by atoms with Gasteiger partial charge in [0.15, 0.2) is 0 Å². The van der Waals surface area contributed by atoms with E-state index in [1.807, 2.05) is 30.5 Å². The van der Waals surface area contributed by atoms with Gasteiger partial charge in [0, 0.05) is 6.21 Å². The van der Waals surface area contributed by atoms with Crippen LogP contribution in [0.1, 0.15) is 17.5 Å². The van der Waals surface area contributed by atoms with Gasteiger partial charge < -0.3 is 4.74 Å². The molecule has 0 saturated heterocycles. The van der Waals surface area contributed by atoms with Crippen molar-refractivity contribution in [2.75, 3.05) is 7.11 Å². The van der Waals surface area contributed by atoms with E-state index in [0.717, 1.165) is 24.3 Å². The highest BCUT2D eigenvalue weighted by molar-refractivity contribution is 6.11. The highest BCUT2D eigenvalue weighted by Crippen LogP contribution is 2.26. The van der Waals surface area contributed by atoms with Gasteiger partial charge in [0.1, 0.15) is 5.75 Å². The van der Waals surface area contributed by atoms with Crippen LogP contribution in [0, 0.1) is 0 Å². The lowest BCUT2D eigenvalue weighted by Gasteiger charge is -2.14. The summed E-state index contributed by atoms with van der Waals surface area (Å²) in [5, 5.41) is 0. The number of nitrogens with zero attached hydrogens (tertiary/aromatic N) is 1. The monoisotopic (exact) mass is 263 g/mol. The number of fused-ring (bicyclic) bond motifs is 1. The maximum absolute atomic E-state index is 5.15. The van der Waals surface area contributed by atoms with Gasteiger partial charge in [-0.2, -0.15) is 0 Å². The van der Waals surface area contributed by atoms with Crippen molar-refractivity contribution in [3.8, 4) is 5.75 Å². The Labute approximate surface area is 119 Å².